The Balaban J connectivity index is 2.83. The number of fused-ring (bicyclic) bond motifs is 1. The van der Waals surface area contributed by atoms with Gasteiger partial charge in [0, 0.05) is 6.07 Å². The van der Waals surface area contributed by atoms with Crippen molar-refractivity contribution in [3.8, 4) is 0 Å². The van der Waals surface area contributed by atoms with Crippen LogP contribution in [-0.4, -0.2) is 21.1 Å². The first kappa shape index (κ1) is 11.1. The maximum absolute atomic E-state index is 10.8. The molecule has 0 spiro atoms. The summed E-state index contributed by atoms with van der Waals surface area (Å²) in [6, 6.07) is 4.64. The quantitative estimate of drug-likeness (QED) is 0.271. The third-order valence-electron chi connectivity index (χ3n) is 2.02. The number of rotatable bonds is 2. The predicted octanol–water partition coefficient (Wildman–Crippen LogP) is 2.91. The number of non-ortho nitro benzene ring substituents is 1. The maximum atomic E-state index is 10.8. The normalized spacial score (nSPS) is 10.6. The van der Waals surface area contributed by atoms with Crippen LogP contribution in [0.2, 0.25) is 5.15 Å². The van der Waals surface area contributed by atoms with Gasteiger partial charge in [-0.1, -0.05) is 29.4 Å². The largest absolute Gasteiger partial charge is 0.281 e. The van der Waals surface area contributed by atoms with E-state index in [4.69, 9.17) is 11.6 Å². The lowest BCUT2D eigenvalue weighted by molar-refractivity contribution is -0.383. The molecule has 0 amide bonds. The second kappa shape index (κ2) is 4.23. The van der Waals surface area contributed by atoms with Gasteiger partial charge >= 0.3 is 0 Å². The molecule has 0 N–H and O–H groups in total. The molecule has 1 aromatic carbocycles. The van der Waals surface area contributed by atoms with Gasteiger partial charge in [-0.15, -0.1) is 0 Å². The molecule has 0 aliphatic carbocycles. The summed E-state index contributed by atoms with van der Waals surface area (Å²) in [5.41, 5.74) is 0.411. The van der Waals surface area contributed by atoms with Gasteiger partial charge < -0.3 is 0 Å². The number of nitrogens with zero attached hydrogens (tertiary/aromatic N) is 3. The molecule has 0 radical (unpaired) electrons. The molecular weight excluding hydrogens is 250 g/mol. The summed E-state index contributed by atoms with van der Waals surface area (Å²) < 4.78 is 0. The molecule has 82 valence electrons. The topological polar surface area (TPSA) is 68.9 Å². The molecular formula is C9H6ClN3O2S. The van der Waals surface area contributed by atoms with Crippen molar-refractivity contribution < 1.29 is 4.92 Å². The highest BCUT2D eigenvalue weighted by molar-refractivity contribution is 7.98. The van der Waals surface area contributed by atoms with E-state index in [9.17, 15) is 10.1 Å². The van der Waals surface area contributed by atoms with Crippen molar-refractivity contribution in [1.82, 2.24) is 9.97 Å². The van der Waals surface area contributed by atoms with E-state index >= 15 is 0 Å². The number of thioether (sulfide) groups is 1. The van der Waals surface area contributed by atoms with Gasteiger partial charge in [0.2, 0.25) is 0 Å². The first-order valence-corrected chi connectivity index (χ1v) is 5.88. The zero-order valence-corrected chi connectivity index (χ0v) is 9.75. The molecule has 0 unspecified atom stereocenters. The number of halogens is 1. The molecule has 0 aliphatic rings. The fourth-order valence-electron chi connectivity index (χ4n) is 1.34. The van der Waals surface area contributed by atoms with Crippen LogP contribution < -0.4 is 0 Å². The summed E-state index contributed by atoms with van der Waals surface area (Å²) in [6.07, 6.45) is 1.81. The lowest BCUT2D eigenvalue weighted by Gasteiger charge is -2.02. The van der Waals surface area contributed by atoms with E-state index in [1.54, 1.807) is 12.1 Å². The first-order valence-electron chi connectivity index (χ1n) is 4.28. The van der Waals surface area contributed by atoms with Gasteiger partial charge in [0.1, 0.15) is 10.5 Å². The van der Waals surface area contributed by atoms with Gasteiger partial charge in [-0.25, -0.2) is 9.97 Å². The van der Waals surface area contributed by atoms with Crippen molar-refractivity contribution in [2.75, 3.05) is 6.26 Å². The minimum atomic E-state index is -0.490. The van der Waals surface area contributed by atoms with Gasteiger partial charge in [-0.05, 0) is 12.3 Å². The summed E-state index contributed by atoms with van der Waals surface area (Å²) in [6.45, 7) is 0. The van der Waals surface area contributed by atoms with E-state index in [0.29, 0.717) is 10.7 Å². The molecule has 0 fully saturated rings. The Morgan fingerprint density at radius 2 is 2.19 bits per heavy atom. The van der Waals surface area contributed by atoms with Crippen molar-refractivity contribution in [2.24, 2.45) is 0 Å². The van der Waals surface area contributed by atoms with Crippen LogP contribution in [0.1, 0.15) is 0 Å². The van der Waals surface area contributed by atoms with Gasteiger partial charge in [-0.3, -0.25) is 10.1 Å². The van der Waals surface area contributed by atoms with Crippen LogP contribution in [0.4, 0.5) is 5.69 Å². The molecule has 5 nitrogen and oxygen atoms in total. The van der Waals surface area contributed by atoms with Crippen LogP contribution in [0.3, 0.4) is 0 Å². The summed E-state index contributed by atoms with van der Waals surface area (Å²) in [4.78, 5) is 18.5. The maximum Gasteiger partial charge on any atom is 0.281 e. The molecule has 7 heteroatoms. The monoisotopic (exact) mass is 255 g/mol. The van der Waals surface area contributed by atoms with E-state index < -0.39 is 4.92 Å². The minimum Gasteiger partial charge on any atom is -0.258 e. The molecule has 16 heavy (non-hydrogen) atoms. The smallest absolute Gasteiger partial charge is 0.258 e. The van der Waals surface area contributed by atoms with Crippen LogP contribution >= 0.6 is 23.4 Å². The number of nitro groups is 1. The third-order valence-corrected chi connectivity index (χ3v) is 2.84. The second-order valence-corrected chi connectivity index (χ2v) is 4.06. The van der Waals surface area contributed by atoms with Crippen LogP contribution in [0, 0.1) is 10.1 Å². The van der Waals surface area contributed by atoms with Crippen LogP contribution in [0.15, 0.2) is 23.4 Å². The van der Waals surface area contributed by atoms with E-state index in [-0.39, 0.29) is 16.2 Å². The van der Waals surface area contributed by atoms with Gasteiger partial charge in [-0.2, -0.15) is 0 Å². The van der Waals surface area contributed by atoms with Crippen molar-refractivity contribution >= 4 is 40.0 Å². The summed E-state index contributed by atoms with van der Waals surface area (Å²) >= 11 is 7.26. The SMILES string of the molecule is CSc1nc(Cl)c2c([N+](=O)[O-])cccc2n1. The summed E-state index contributed by atoms with van der Waals surface area (Å²) in [5, 5.41) is 11.7. The van der Waals surface area contributed by atoms with Gasteiger partial charge in [0.15, 0.2) is 5.16 Å². The molecule has 1 aromatic heterocycles. The molecule has 0 aliphatic heterocycles. The van der Waals surface area contributed by atoms with Crippen molar-refractivity contribution in [3.63, 3.8) is 0 Å². The molecule has 0 bridgehead atoms. The fraction of sp³-hybridized carbons (Fsp3) is 0.111. The Morgan fingerprint density at radius 3 is 2.81 bits per heavy atom. The Morgan fingerprint density at radius 1 is 1.44 bits per heavy atom. The Kier molecular flexibility index (Phi) is 2.93. The highest BCUT2D eigenvalue weighted by atomic mass is 35.5. The Bertz CT molecular complexity index is 576. The molecule has 0 saturated carbocycles. The van der Waals surface area contributed by atoms with Crippen molar-refractivity contribution in [2.45, 2.75) is 5.16 Å². The van der Waals surface area contributed by atoms with Crippen molar-refractivity contribution in [3.05, 3.63) is 33.5 Å². The molecule has 0 saturated heterocycles. The zero-order chi connectivity index (χ0) is 11.7. The van der Waals surface area contributed by atoms with Crippen molar-refractivity contribution in [1.29, 1.82) is 0 Å². The number of hydrogen-bond acceptors (Lipinski definition) is 5. The highest BCUT2D eigenvalue weighted by Gasteiger charge is 2.17. The van der Waals surface area contributed by atoms with Crippen LogP contribution in [0.5, 0.6) is 0 Å². The third kappa shape index (κ3) is 1.81. The zero-order valence-electron chi connectivity index (χ0n) is 8.18. The second-order valence-electron chi connectivity index (χ2n) is 2.93. The van der Waals surface area contributed by atoms with E-state index in [1.807, 2.05) is 6.26 Å². The van der Waals surface area contributed by atoms with Gasteiger partial charge in [0.25, 0.3) is 5.69 Å². The fourth-order valence-corrected chi connectivity index (χ4v) is 2.04. The Labute approximate surface area is 100.0 Å². The minimum absolute atomic E-state index is 0.0739. The lowest BCUT2D eigenvalue weighted by atomic mass is 10.2. The number of aromatic nitrogens is 2. The lowest BCUT2D eigenvalue weighted by Crippen LogP contribution is -1.94. The van der Waals surface area contributed by atoms with E-state index in [2.05, 4.69) is 9.97 Å². The number of nitro benzene ring substituents is 1. The summed E-state index contributed by atoms with van der Waals surface area (Å²) in [5.74, 6) is 0. The molecule has 1 heterocycles. The molecule has 0 atom stereocenters. The predicted molar refractivity (Wildman–Crippen MR) is 63.0 cm³/mol. The summed E-state index contributed by atoms with van der Waals surface area (Å²) in [7, 11) is 0. The number of hydrogen-bond donors (Lipinski definition) is 0. The highest BCUT2D eigenvalue weighted by Crippen LogP contribution is 2.30. The molecule has 2 aromatic rings. The molecule has 2 rings (SSSR count). The Hall–Kier alpha value is -1.40. The van der Waals surface area contributed by atoms with Crippen LogP contribution in [-0.2, 0) is 0 Å². The first-order chi connectivity index (χ1) is 7.63. The van der Waals surface area contributed by atoms with E-state index in [1.165, 1.54) is 17.8 Å². The van der Waals surface area contributed by atoms with Gasteiger partial charge in [0.05, 0.1) is 10.4 Å². The standard InChI is InChI=1S/C9H6ClN3O2S/c1-16-9-11-5-3-2-4-6(13(14)15)7(5)8(10)12-9/h2-4H,1H3. The number of benzene rings is 1. The average Bonchev–Trinajstić information content (AvgIpc) is 2.27. The average molecular weight is 256 g/mol. The van der Waals surface area contributed by atoms with Crippen LogP contribution in [0.25, 0.3) is 10.9 Å². The van der Waals surface area contributed by atoms with E-state index in [0.717, 1.165) is 0 Å².